The molecule has 0 bridgehead atoms. The highest BCUT2D eigenvalue weighted by Crippen LogP contribution is 2.28. The van der Waals surface area contributed by atoms with E-state index in [9.17, 15) is 31.1 Å². The van der Waals surface area contributed by atoms with Gasteiger partial charge in [-0.05, 0) is 36.2 Å². The summed E-state index contributed by atoms with van der Waals surface area (Å²) in [6.45, 7) is 3.66. The van der Waals surface area contributed by atoms with Crippen LogP contribution in [0.15, 0.2) is 47.5 Å². The van der Waals surface area contributed by atoms with E-state index >= 15 is 0 Å². The van der Waals surface area contributed by atoms with Crippen LogP contribution in [-0.4, -0.2) is 41.1 Å². The van der Waals surface area contributed by atoms with E-state index < -0.39 is 24.2 Å². The monoisotopic (exact) mass is 537 g/mol. The predicted octanol–water partition coefficient (Wildman–Crippen LogP) is 5.42. The lowest BCUT2D eigenvalue weighted by molar-refractivity contribution is -0.274. The highest BCUT2D eigenvalue weighted by Gasteiger charge is 2.38. The fourth-order valence-electron chi connectivity index (χ4n) is 3.14. The number of hydrogen-bond acceptors (Lipinski definition) is 5. The highest BCUT2D eigenvalue weighted by molar-refractivity contribution is 7.99. The summed E-state index contributed by atoms with van der Waals surface area (Å²) in [6.07, 6.45) is -10.1. The molecule has 0 saturated carbocycles. The van der Waals surface area contributed by atoms with Gasteiger partial charge in [0.05, 0.1) is 10.2 Å². The molecule has 0 atom stereocenters. The molecule has 0 radical (unpaired) electrons. The van der Waals surface area contributed by atoms with Crippen LogP contribution in [-0.2, 0) is 17.9 Å². The third-order valence-electron chi connectivity index (χ3n) is 4.79. The number of aromatic nitrogens is 1. The molecule has 35 heavy (non-hydrogen) atoms. The molecule has 3 aromatic rings. The summed E-state index contributed by atoms with van der Waals surface area (Å²) < 4.78 is 81.3. The van der Waals surface area contributed by atoms with Gasteiger partial charge in [-0.2, -0.15) is 29.9 Å². The van der Waals surface area contributed by atoms with Crippen molar-refractivity contribution < 1.29 is 35.9 Å². The van der Waals surface area contributed by atoms with Crippen LogP contribution in [0.5, 0.6) is 5.75 Å². The Balaban J connectivity index is 1.68. The van der Waals surface area contributed by atoms with Gasteiger partial charge >= 0.3 is 18.4 Å². The summed E-state index contributed by atoms with van der Waals surface area (Å²) in [7, 11) is 0. The van der Waals surface area contributed by atoms with Gasteiger partial charge in [-0.25, -0.2) is 0 Å². The maximum Gasteiger partial charge on any atom is 0.573 e. The van der Waals surface area contributed by atoms with Crippen LogP contribution in [0, 0.1) is 6.92 Å². The second-order valence-electron chi connectivity index (χ2n) is 7.34. The minimum atomic E-state index is -5.16. The van der Waals surface area contributed by atoms with Gasteiger partial charge in [0.1, 0.15) is 5.75 Å². The van der Waals surface area contributed by atoms with E-state index in [1.54, 1.807) is 11.8 Å². The smallest absolute Gasteiger partial charge is 0.406 e. The first-order valence-electron chi connectivity index (χ1n) is 10.3. The fourth-order valence-corrected chi connectivity index (χ4v) is 5.02. The van der Waals surface area contributed by atoms with E-state index in [1.807, 2.05) is 31.2 Å². The molecule has 1 amide bonds. The summed E-state index contributed by atoms with van der Waals surface area (Å²) >= 11 is 2.23. The van der Waals surface area contributed by atoms with Gasteiger partial charge in [0.25, 0.3) is 0 Å². The maximum atomic E-state index is 12.7. The minimum absolute atomic E-state index is 0.213. The van der Waals surface area contributed by atoms with Crippen molar-refractivity contribution in [3.05, 3.63) is 58.4 Å². The van der Waals surface area contributed by atoms with Crippen molar-refractivity contribution in [2.45, 2.75) is 32.6 Å². The molecule has 0 unspecified atom stereocenters. The fraction of sp³-hybridized carbons (Fsp3) is 0.364. The van der Waals surface area contributed by atoms with Crippen molar-refractivity contribution in [1.82, 2.24) is 9.88 Å². The lowest BCUT2D eigenvalue weighted by Gasteiger charge is -2.10. The average molecular weight is 538 g/mol. The van der Waals surface area contributed by atoms with Crippen molar-refractivity contribution >= 4 is 39.2 Å². The Morgan fingerprint density at radius 3 is 2.54 bits per heavy atom. The average Bonchev–Trinajstić information content (AvgIpc) is 3.08. The zero-order chi connectivity index (χ0) is 25.6. The van der Waals surface area contributed by atoms with E-state index in [4.69, 9.17) is 0 Å². The molecule has 1 N–H and O–H groups in total. The Kier molecular flexibility index (Phi) is 8.89. The number of hydrogen-bond donors (Lipinski definition) is 1. The van der Waals surface area contributed by atoms with Crippen LogP contribution in [0.2, 0.25) is 0 Å². The van der Waals surface area contributed by atoms with Gasteiger partial charge in [0.15, 0.2) is 4.80 Å². The zero-order valence-corrected chi connectivity index (χ0v) is 20.0. The molecule has 0 aliphatic heterocycles. The number of nitrogens with one attached hydrogen (secondary N) is 1. The molecule has 1 aromatic heterocycles. The summed E-state index contributed by atoms with van der Waals surface area (Å²) in [5, 5.41) is 3.33. The zero-order valence-electron chi connectivity index (χ0n) is 18.4. The first-order valence-corrected chi connectivity index (χ1v) is 12.3. The number of carbonyl (C=O) groups is 1. The van der Waals surface area contributed by atoms with Crippen LogP contribution in [0.25, 0.3) is 10.2 Å². The molecule has 5 nitrogen and oxygen atoms in total. The molecule has 190 valence electrons. The SMILES string of the molecule is Cc1ccccc1CNCCSCCn1/c(=N\C(=O)C(F)(F)F)sc2cc(OC(F)(F)F)ccc21. The van der Waals surface area contributed by atoms with Crippen molar-refractivity contribution in [1.29, 1.82) is 0 Å². The van der Waals surface area contributed by atoms with Gasteiger partial charge in [-0.3, -0.25) is 4.79 Å². The number of halogens is 6. The summed E-state index contributed by atoms with van der Waals surface area (Å²) in [5.74, 6) is -1.57. The van der Waals surface area contributed by atoms with E-state index in [1.165, 1.54) is 21.8 Å². The Morgan fingerprint density at radius 1 is 1.11 bits per heavy atom. The summed E-state index contributed by atoms with van der Waals surface area (Å²) in [5.41, 5.74) is 2.73. The van der Waals surface area contributed by atoms with Gasteiger partial charge in [-0.1, -0.05) is 35.6 Å². The number of ether oxygens (including phenoxy) is 1. The van der Waals surface area contributed by atoms with Crippen molar-refractivity contribution in [3.8, 4) is 5.75 Å². The highest BCUT2D eigenvalue weighted by atomic mass is 32.2. The molecule has 3 rings (SSSR count). The third-order valence-corrected chi connectivity index (χ3v) is 6.79. The first kappa shape index (κ1) is 27.1. The molecule has 0 aliphatic carbocycles. The Bertz CT molecular complexity index is 1230. The maximum absolute atomic E-state index is 12.7. The second-order valence-corrected chi connectivity index (χ2v) is 9.58. The largest absolute Gasteiger partial charge is 0.573 e. The number of rotatable bonds is 9. The van der Waals surface area contributed by atoms with Crippen molar-refractivity contribution in [2.75, 3.05) is 18.1 Å². The molecule has 0 fully saturated rings. The summed E-state index contributed by atoms with van der Waals surface area (Å²) in [6, 6.07) is 11.4. The number of nitrogens with zero attached hydrogens (tertiary/aromatic N) is 2. The van der Waals surface area contributed by atoms with Gasteiger partial charge in [0.2, 0.25) is 0 Å². The molecule has 0 saturated heterocycles. The Morgan fingerprint density at radius 2 is 1.86 bits per heavy atom. The number of thiazole rings is 1. The van der Waals surface area contributed by atoms with Crippen LogP contribution in [0.3, 0.4) is 0 Å². The lowest BCUT2D eigenvalue weighted by Crippen LogP contribution is -2.26. The van der Waals surface area contributed by atoms with E-state index in [0.717, 1.165) is 17.9 Å². The standard InChI is InChI=1S/C22H21F6N3O2S2/c1-14-4-2-3-5-15(14)13-29-8-10-34-11-9-31-17-7-6-16(33-22(26,27)28)12-18(17)35-20(31)30-19(32)21(23,24)25/h2-7,12,29H,8-11,13H2,1H3/b30-20+. The first-order chi connectivity index (χ1) is 16.4. The molecule has 13 heteroatoms. The number of benzene rings is 2. The topological polar surface area (TPSA) is 55.6 Å². The number of amides is 1. The number of fused-ring (bicyclic) bond motifs is 1. The van der Waals surface area contributed by atoms with Crippen LogP contribution in [0.1, 0.15) is 11.1 Å². The number of alkyl halides is 6. The molecule has 1 heterocycles. The second kappa shape index (κ2) is 11.5. The normalized spacial score (nSPS) is 12.9. The Hall–Kier alpha value is -2.51. The number of carbonyl (C=O) groups excluding carboxylic acids is 1. The predicted molar refractivity (Wildman–Crippen MR) is 123 cm³/mol. The number of aryl methyl sites for hydroxylation is 2. The van der Waals surface area contributed by atoms with Crippen LogP contribution >= 0.6 is 23.1 Å². The van der Waals surface area contributed by atoms with Crippen LogP contribution in [0.4, 0.5) is 26.3 Å². The Labute approximate surface area is 204 Å². The summed E-state index contributed by atoms with van der Waals surface area (Å²) in [4.78, 5) is 14.4. The minimum Gasteiger partial charge on any atom is -0.406 e. The quantitative estimate of drug-likeness (QED) is 0.293. The molecule has 2 aromatic carbocycles. The number of thioether (sulfide) groups is 1. The van der Waals surface area contributed by atoms with E-state index in [-0.39, 0.29) is 16.0 Å². The van der Waals surface area contributed by atoms with Gasteiger partial charge in [-0.15, -0.1) is 13.2 Å². The molecular weight excluding hydrogens is 516 g/mol. The van der Waals surface area contributed by atoms with Gasteiger partial charge in [0, 0.05) is 31.1 Å². The molecular formula is C22H21F6N3O2S2. The van der Waals surface area contributed by atoms with E-state index in [2.05, 4.69) is 15.0 Å². The van der Waals surface area contributed by atoms with Gasteiger partial charge < -0.3 is 14.6 Å². The van der Waals surface area contributed by atoms with Crippen molar-refractivity contribution in [2.24, 2.45) is 4.99 Å². The van der Waals surface area contributed by atoms with Crippen LogP contribution < -0.4 is 14.9 Å². The molecule has 0 aliphatic rings. The van der Waals surface area contributed by atoms with Crippen molar-refractivity contribution in [3.63, 3.8) is 0 Å². The lowest BCUT2D eigenvalue weighted by atomic mass is 10.1. The molecule has 0 spiro atoms. The van der Waals surface area contributed by atoms with E-state index in [0.29, 0.717) is 35.7 Å². The third kappa shape index (κ3) is 8.00.